The van der Waals surface area contributed by atoms with Crippen LogP contribution in [0.15, 0.2) is 0 Å². The van der Waals surface area contributed by atoms with Gasteiger partial charge in [0.05, 0.1) is 0 Å². The summed E-state index contributed by atoms with van der Waals surface area (Å²) in [4.78, 5) is 10.4. The average Bonchev–Trinajstić information content (AvgIpc) is 1.86. The highest BCUT2D eigenvalue weighted by Gasteiger charge is 2.28. The van der Waals surface area contributed by atoms with Crippen LogP contribution in [0.25, 0.3) is 0 Å². The molecule has 0 amide bonds. The molecule has 0 bridgehead atoms. The highest BCUT2D eigenvalue weighted by atomic mass is 32.1. The minimum atomic E-state index is -0.886. The third-order valence-corrected chi connectivity index (χ3v) is 1.97. The highest BCUT2D eigenvalue weighted by Crippen LogP contribution is 2.03. The fourth-order valence-corrected chi connectivity index (χ4v) is 0.547. The molecule has 0 aliphatic rings. The summed E-state index contributed by atoms with van der Waals surface area (Å²) in [6.07, 6.45) is 0. The third-order valence-electron chi connectivity index (χ3n) is 1.34. The summed E-state index contributed by atoms with van der Waals surface area (Å²) in [6, 6.07) is 0. The van der Waals surface area contributed by atoms with Gasteiger partial charge in [0.25, 0.3) is 0 Å². The molecule has 3 nitrogen and oxygen atoms in total. The van der Waals surface area contributed by atoms with Crippen LogP contribution in [0.5, 0.6) is 0 Å². The Morgan fingerprint density at radius 1 is 1.89 bits per heavy atom. The molecule has 0 unspecified atom stereocenters. The summed E-state index contributed by atoms with van der Waals surface area (Å²) < 4.78 is 0. The van der Waals surface area contributed by atoms with Gasteiger partial charge in [-0.3, -0.25) is 4.79 Å². The lowest BCUT2D eigenvalue weighted by atomic mass is 10.1. The number of carboxylic acids is 1. The Hall–Kier alpha value is -0.220. The average molecular weight is 149 g/mol. The zero-order valence-electron chi connectivity index (χ0n) is 5.51. The van der Waals surface area contributed by atoms with Crippen molar-refractivity contribution in [2.45, 2.75) is 12.5 Å². The fourth-order valence-electron chi connectivity index (χ4n) is 0.254. The maximum absolute atomic E-state index is 10.4. The zero-order chi connectivity index (χ0) is 7.49. The Labute approximate surface area is 59.9 Å². The number of hydrogen-bond acceptors (Lipinski definition) is 3. The zero-order valence-corrected chi connectivity index (χ0v) is 6.40. The standard InChI is InChI=1S/C5H11NO2S/c1-5(3-9,6-2)4(7)8/h6,9H,3H2,1-2H3,(H,7,8)/t5-/m0/s1. The van der Waals surface area contributed by atoms with E-state index in [1.165, 1.54) is 0 Å². The number of aliphatic carboxylic acids is 1. The van der Waals surface area contributed by atoms with Gasteiger partial charge in [0.1, 0.15) is 5.54 Å². The molecular formula is C5H11NO2S. The van der Waals surface area contributed by atoms with Crippen LogP contribution in [0.2, 0.25) is 0 Å². The normalized spacial score (nSPS) is 16.8. The molecule has 0 aromatic carbocycles. The highest BCUT2D eigenvalue weighted by molar-refractivity contribution is 7.80. The molecule has 0 aliphatic carbocycles. The summed E-state index contributed by atoms with van der Waals surface area (Å²) in [7, 11) is 1.60. The van der Waals surface area contributed by atoms with Gasteiger partial charge in [-0.1, -0.05) is 0 Å². The summed E-state index contributed by atoms with van der Waals surface area (Å²) >= 11 is 3.88. The Morgan fingerprint density at radius 3 is 2.33 bits per heavy atom. The minimum Gasteiger partial charge on any atom is -0.480 e. The van der Waals surface area contributed by atoms with Gasteiger partial charge in [-0.15, -0.1) is 0 Å². The molecule has 0 radical (unpaired) electrons. The predicted molar refractivity (Wildman–Crippen MR) is 39.0 cm³/mol. The number of thiol groups is 1. The second-order valence-electron chi connectivity index (χ2n) is 2.05. The van der Waals surface area contributed by atoms with Gasteiger partial charge in [-0.25, -0.2) is 0 Å². The van der Waals surface area contributed by atoms with Gasteiger partial charge in [0.2, 0.25) is 0 Å². The first-order valence-corrected chi connectivity index (χ1v) is 3.23. The van der Waals surface area contributed by atoms with E-state index < -0.39 is 11.5 Å². The molecule has 0 rings (SSSR count). The van der Waals surface area contributed by atoms with Crippen molar-refractivity contribution in [1.29, 1.82) is 0 Å². The number of carboxylic acid groups (broad SMARTS) is 1. The molecule has 0 aromatic heterocycles. The van der Waals surface area contributed by atoms with Gasteiger partial charge >= 0.3 is 5.97 Å². The lowest BCUT2D eigenvalue weighted by molar-refractivity contribution is -0.142. The van der Waals surface area contributed by atoms with E-state index in [1.54, 1.807) is 14.0 Å². The topological polar surface area (TPSA) is 49.3 Å². The van der Waals surface area contributed by atoms with Crippen molar-refractivity contribution in [2.75, 3.05) is 12.8 Å². The van der Waals surface area contributed by atoms with Crippen molar-refractivity contribution in [3.8, 4) is 0 Å². The van der Waals surface area contributed by atoms with Crippen molar-refractivity contribution < 1.29 is 9.90 Å². The number of nitrogens with one attached hydrogen (secondary N) is 1. The molecule has 0 spiro atoms. The lowest BCUT2D eigenvalue weighted by Crippen LogP contribution is -2.49. The Bertz CT molecular complexity index is 112. The van der Waals surface area contributed by atoms with Crippen LogP contribution < -0.4 is 5.32 Å². The van der Waals surface area contributed by atoms with Crippen molar-refractivity contribution >= 4 is 18.6 Å². The second-order valence-corrected chi connectivity index (χ2v) is 2.36. The van der Waals surface area contributed by atoms with Crippen molar-refractivity contribution in [2.24, 2.45) is 0 Å². The quantitative estimate of drug-likeness (QED) is 0.494. The molecule has 9 heavy (non-hydrogen) atoms. The van der Waals surface area contributed by atoms with Crippen LogP contribution in [0.4, 0.5) is 0 Å². The summed E-state index contributed by atoms with van der Waals surface area (Å²) in [5.41, 5.74) is -0.886. The predicted octanol–water partition coefficient (Wildman–Crippen LogP) is -0.0211. The number of rotatable bonds is 3. The van der Waals surface area contributed by atoms with Gasteiger partial charge in [0.15, 0.2) is 0 Å². The smallest absolute Gasteiger partial charge is 0.324 e. The summed E-state index contributed by atoms with van der Waals surface area (Å²) in [6.45, 7) is 1.59. The molecule has 0 aromatic rings. The first-order valence-electron chi connectivity index (χ1n) is 2.60. The summed E-state index contributed by atoms with van der Waals surface area (Å²) in [5, 5.41) is 11.2. The SMILES string of the molecule is CN[C@@](C)(CS)C(=O)O. The van der Waals surface area contributed by atoms with E-state index in [1.807, 2.05) is 0 Å². The molecule has 0 saturated carbocycles. The van der Waals surface area contributed by atoms with E-state index in [-0.39, 0.29) is 0 Å². The monoisotopic (exact) mass is 149 g/mol. The van der Waals surface area contributed by atoms with E-state index in [2.05, 4.69) is 17.9 Å². The van der Waals surface area contributed by atoms with E-state index in [4.69, 9.17) is 5.11 Å². The van der Waals surface area contributed by atoms with Crippen LogP contribution in [-0.2, 0) is 4.79 Å². The molecule has 54 valence electrons. The fraction of sp³-hybridized carbons (Fsp3) is 0.800. The van der Waals surface area contributed by atoms with Gasteiger partial charge in [0, 0.05) is 5.75 Å². The van der Waals surface area contributed by atoms with Gasteiger partial charge in [-0.2, -0.15) is 12.6 Å². The largest absolute Gasteiger partial charge is 0.480 e. The molecule has 0 fully saturated rings. The van der Waals surface area contributed by atoms with E-state index in [9.17, 15) is 4.79 Å². The molecule has 0 aliphatic heterocycles. The maximum Gasteiger partial charge on any atom is 0.324 e. The molecule has 0 heterocycles. The molecule has 1 atom stereocenters. The van der Waals surface area contributed by atoms with Gasteiger partial charge < -0.3 is 10.4 Å². The minimum absolute atomic E-state index is 0.291. The second kappa shape index (κ2) is 3.08. The van der Waals surface area contributed by atoms with Crippen molar-refractivity contribution in [3.05, 3.63) is 0 Å². The summed E-state index contributed by atoms with van der Waals surface area (Å²) in [5.74, 6) is -0.584. The van der Waals surface area contributed by atoms with Crippen LogP contribution in [0.3, 0.4) is 0 Å². The Morgan fingerprint density at radius 2 is 2.33 bits per heavy atom. The first kappa shape index (κ1) is 8.78. The van der Waals surface area contributed by atoms with E-state index in [0.29, 0.717) is 5.75 Å². The van der Waals surface area contributed by atoms with Crippen molar-refractivity contribution in [1.82, 2.24) is 5.32 Å². The maximum atomic E-state index is 10.4. The van der Waals surface area contributed by atoms with Crippen LogP contribution >= 0.6 is 12.6 Å². The van der Waals surface area contributed by atoms with Crippen LogP contribution in [0, 0.1) is 0 Å². The van der Waals surface area contributed by atoms with E-state index >= 15 is 0 Å². The first-order chi connectivity index (χ1) is 4.06. The Balaban J connectivity index is 4.09. The molecular weight excluding hydrogens is 138 g/mol. The number of hydrogen-bond donors (Lipinski definition) is 3. The number of carbonyl (C=O) groups is 1. The lowest BCUT2D eigenvalue weighted by Gasteiger charge is -2.20. The third kappa shape index (κ3) is 1.87. The molecule has 2 N–H and O–H groups in total. The number of likely N-dealkylation sites (N-methyl/N-ethyl adjacent to an activating group) is 1. The van der Waals surface area contributed by atoms with E-state index in [0.717, 1.165) is 0 Å². The Kier molecular flexibility index (Phi) is 3.00. The van der Waals surface area contributed by atoms with Crippen LogP contribution in [0.1, 0.15) is 6.92 Å². The molecule has 4 heteroatoms. The molecule has 0 saturated heterocycles. The van der Waals surface area contributed by atoms with Gasteiger partial charge in [-0.05, 0) is 14.0 Å². The van der Waals surface area contributed by atoms with Crippen LogP contribution in [-0.4, -0.2) is 29.4 Å². The van der Waals surface area contributed by atoms with Crippen molar-refractivity contribution in [3.63, 3.8) is 0 Å².